The van der Waals surface area contributed by atoms with E-state index < -0.39 is 7.14 Å². The van der Waals surface area contributed by atoms with E-state index >= 15 is 0 Å². The van der Waals surface area contributed by atoms with Crippen LogP contribution >= 0.6 is 18.7 Å². The molecule has 0 saturated heterocycles. The molecule has 3 aromatic rings. The summed E-state index contributed by atoms with van der Waals surface area (Å²) in [6, 6.07) is 17.5. The molecule has 0 radical (unpaired) electrons. The van der Waals surface area contributed by atoms with Crippen molar-refractivity contribution >= 4 is 34.7 Å². The van der Waals surface area contributed by atoms with Crippen LogP contribution in [-0.4, -0.2) is 6.79 Å². The second-order valence-corrected chi connectivity index (χ2v) is 9.98. The number of fused-ring (bicyclic) bond motifs is 1. The van der Waals surface area contributed by atoms with Crippen LogP contribution in [0, 0.1) is 20.8 Å². The Morgan fingerprint density at radius 2 is 1.30 bits per heavy atom. The van der Waals surface area contributed by atoms with Crippen molar-refractivity contribution in [3.05, 3.63) is 76.3 Å². The fourth-order valence-corrected chi connectivity index (χ4v) is 6.65. The van der Waals surface area contributed by atoms with Gasteiger partial charge in [0.15, 0.2) is 18.6 Å². The molecule has 1 aliphatic heterocycles. The van der Waals surface area contributed by atoms with Gasteiger partial charge in [0.1, 0.15) is 0 Å². The van der Waals surface area contributed by atoms with Gasteiger partial charge in [-0.25, -0.2) is 0 Å². The molecule has 0 N–H and O–H groups in total. The van der Waals surface area contributed by atoms with Crippen molar-refractivity contribution in [3.8, 4) is 11.5 Å². The largest absolute Gasteiger partial charge is 0.453 e. The molecule has 0 amide bonds. The molecular weight excluding hydrogens is 379 g/mol. The molecular formula is C22H20ClO3P. The van der Waals surface area contributed by atoms with E-state index in [4.69, 9.17) is 21.1 Å². The summed E-state index contributed by atoms with van der Waals surface area (Å²) in [5.74, 6) is 1.11. The first-order valence-electron chi connectivity index (χ1n) is 8.75. The third-order valence-corrected chi connectivity index (χ3v) is 8.47. The first-order chi connectivity index (χ1) is 12.9. The Hall–Kier alpha value is -2.22. The summed E-state index contributed by atoms with van der Waals surface area (Å²) in [6.07, 6.45) is 0. The Morgan fingerprint density at radius 1 is 0.815 bits per heavy atom. The van der Waals surface area contributed by atoms with Crippen molar-refractivity contribution in [1.82, 2.24) is 0 Å². The molecule has 4 rings (SSSR count). The van der Waals surface area contributed by atoms with Gasteiger partial charge in [0, 0.05) is 15.9 Å². The maximum atomic E-state index is 14.6. The molecule has 0 fully saturated rings. The fraction of sp³-hybridized carbons (Fsp3) is 0.182. The van der Waals surface area contributed by atoms with Gasteiger partial charge in [-0.1, -0.05) is 71.3 Å². The van der Waals surface area contributed by atoms with Crippen molar-refractivity contribution < 1.29 is 14.0 Å². The smallest absolute Gasteiger partial charge is 0.231 e. The molecule has 0 spiro atoms. The molecule has 0 atom stereocenters. The molecule has 0 aliphatic carbocycles. The fourth-order valence-electron chi connectivity index (χ4n) is 3.35. The molecule has 3 aromatic carbocycles. The van der Waals surface area contributed by atoms with E-state index in [1.165, 1.54) is 0 Å². The number of ether oxygens (including phenoxy) is 2. The van der Waals surface area contributed by atoms with Crippen molar-refractivity contribution in [1.29, 1.82) is 0 Å². The average molecular weight is 399 g/mol. The van der Waals surface area contributed by atoms with E-state index in [0.717, 1.165) is 27.3 Å². The standard InChI is InChI=1S/C22H20ClO3P/c1-14-4-8-17(9-5-14)27(24,18-10-6-15(2)7-11-18)19-12-16(3)21-22(20(19)23)26-13-25-21/h4-12H,13H2,1-3H3. The van der Waals surface area contributed by atoms with E-state index in [0.29, 0.717) is 21.8 Å². The highest BCUT2D eigenvalue weighted by atomic mass is 35.5. The van der Waals surface area contributed by atoms with Crippen molar-refractivity contribution in [2.75, 3.05) is 6.79 Å². The Morgan fingerprint density at radius 3 is 1.81 bits per heavy atom. The van der Waals surface area contributed by atoms with Gasteiger partial charge in [-0.15, -0.1) is 0 Å². The van der Waals surface area contributed by atoms with E-state index in [-0.39, 0.29) is 6.79 Å². The van der Waals surface area contributed by atoms with Gasteiger partial charge in [0.25, 0.3) is 0 Å². The minimum atomic E-state index is -3.18. The van der Waals surface area contributed by atoms with Gasteiger partial charge in [0.2, 0.25) is 6.79 Å². The SMILES string of the molecule is Cc1ccc(P(=O)(c2ccc(C)cc2)c2cc(C)c3c(c2Cl)OCO3)cc1. The molecule has 3 nitrogen and oxygen atoms in total. The highest BCUT2D eigenvalue weighted by molar-refractivity contribution is 7.85. The summed E-state index contributed by atoms with van der Waals surface area (Å²) >= 11 is 6.70. The number of benzene rings is 3. The summed E-state index contributed by atoms with van der Waals surface area (Å²) in [5.41, 5.74) is 3.09. The lowest BCUT2D eigenvalue weighted by Gasteiger charge is -2.22. The van der Waals surface area contributed by atoms with Crippen LogP contribution in [0.5, 0.6) is 11.5 Å². The predicted molar refractivity (Wildman–Crippen MR) is 111 cm³/mol. The quantitative estimate of drug-likeness (QED) is 0.603. The Labute approximate surface area is 164 Å². The molecule has 1 aliphatic rings. The first-order valence-corrected chi connectivity index (χ1v) is 10.8. The maximum absolute atomic E-state index is 14.6. The van der Waals surface area contributed by atoms with Crippen LogP contribution in [-0.2, 0) is 4.57 Å². The number of halogens is 1. The third-order valence-electron chi connectivity index (χ3n) is 4.88. The lowest BCUT2D eigenvalue weighted by atomic mass is 10.2. The highest BCUT2D eigenvalue weighted by Gasteiger charge is 2.35. The van der Waals surface area contributed by atoms with Crippen LogP contribution in [0.2, 0.25) is 5.02 Å². The van der Waals surface area contributed by atoms with Crippen LogP contribution in [0.15, 0.2) is 54.6 Å². The van der Waals surface area contributed by atoms with Gasteiger partial charge < -0.3 is 14.0 Å². The van der Waals surface area contributed by atoms with Gasteiger partial charge in [0.05, 0.1) is 5.02 Å². The van der Waals surface area contributed by atoms with E-state index in [2.05, 4.69) is 0 Å². The zero-order chi connectivity index (χ0) is 19.2. The molecule has 1 heterocycles. The topological polar surface area (TPSA) is 35.5 Å². The third kappa shape index (κ3) is 2.96. The van der Waals surface area contributed by atoms with Gasteiger partial charge in [-0.3, -0.25) is 0 Å². The molecule has 0 aromatic heterocycles. The van der Waals surface area contributed by atoms with Gasteiger partial charge in [-0.05, 0) is 32.4 Å². The van der Waals surface area contributed by atoms with E-state index in [9.17, 15) is 4.57 Å². The summed E-state index contributed by atoms with van der Waals surface area (Å²) in [6.45, 7) is 6.07. The van der Waals surface area contributed by atoms with Crippen molar-refractivity contribution in [2.45, 2.75) is 20.8 Å². The lowest BCUT2D eigenvalue weighted by molar-refractivity contribution is 0.173. The lowest BCUT2D eigenvalue weighted by Crippen LogP contribution is -2.26. The van der Waals surface area contributed by atoms with Gasteiger partial charge in [-0.2, -0.15) is 0 Å². The zero-order valence-corrected chi connectivity index (χ0v) is 17.1. The van der Waals surface area contributed by atoms with Crippen LogP contribution in [0.4, 0.5) is 0 Å². The Bertz CT molecular complexity index is 1010. The number of aryl methyl sites for hydroxylation is 3. The van der Waals surface area contributed by atoms with Crippen LogP contribution in [0.1, 0.15) is 16.7 Å². The summed E-state index contributed by atoms with van der Waals surface area (Å²) < 4.78 is 25.7. The summed E-state index contributed by atoms with van der Waals surface area (Å²) in [7, 11) is -3.18. The molecule has 27 heavy (non-hydrogen) atoms. The van der Waals surface area contributed by atoms with Crippen LogP contribution in [0.25, 0.3) is 0 Å². The second-order valence-electron chi connectivity index (χ2n) is 6.87. The summed E-state index contributed by atoms with van der Waals surface area (Å²) in [4.78, 5) is 0. The second kappa shape index (κ2) is 6.74. The minimum Gasteiger partial charge on any atom is -0.453 e. The zero-order valence-electron chi connectivity index (χ0n) is 15.5. The molecule has 0 bridgehead atoms. The normalized spacial score (nSPS) is 13.0. The Balaban J connectivity index is 2.03. The van der Waals surface area contributed by atoms with Gasteiger partial charge >= 0.3 is 0 Å². The van der Waals surface area contributed by atoms with Crippen molar-refractivity contribution in [3.63, 3.8) is 0 Å². The molecule has 0 unspecified atom stereocenters. The summed E-state index contributed by atoms with van der Waals surface area (Å²) in [5, 5.41) is 2.44. The maximum Gasteiger partial charge on any atom is 0.231 e. The number of hydrogen-bond donors (Lipinski definition) is 0. The predicted octanol–water partition coefficient (Wildman–Crippen LogP) is 4.63. The average Bonchev–Trinajstić information content (AvgIpc) is 3.16. The first kappa shape index (κ1) is 18.2. The molecule has 0 saturated carbocycles. The van der Waals surface area contributed by atoms with Crippen molar-refractivity contribution in [2.24, 2.45) is 0 Å². The number of rotatable bonds is 3. The Kier molecular flexibility index (Phi) is 4.53. The van der Waals surface area contributed by atoms with E-state index in [1.807, 2.05) is 75.4 Å². The highest BCUT2D eigenvalue weighted by Crippen LogP contribution is 2.50. The monoisotopic (exact) mass is 398 g/mol. The van der Waals surface area contributed by atoms with E-state index in [1.54, 1.807) is 0 Å². The molecule has 138 valence electrons. The minimum absolute atomic E-state index is 0.124. The van der Waals surface area contributed by atoms with Crippen LogP contribution in [0.3, 0.4) is 0 Å². The van der Waals surface area contributed by atoms with Crippen LogP contribution < -0.4 is 25.4 Å². The number of hydrogen-bond acceptors (Lipinski definition) is 3. The molecule has 5 heteroatoms.